The van der Waals surface area contributed by atoms with Crippen LogP contribution in [0, 0.1) is 17.5 Å². The third-order valence-corrected chi connectivity index (χ3v) is 3.65. The second kappa shape index (κ2) is 4.77. The molecule has 0 aliphatic carbocycles. The molecule has 1 saturated heterocycles. The lowest BCUT2D eigenvalue weighted by Gasteiger charge is -2.28. The Labute approximate surface area is 121 Å². The van der Waals surface area contributed by atoms with Crippen molar-refractivity contribution in [2.45, 2.75) is 0 Å². The second-order valence-electron chi connectivity index (χ2n) is 4.94. The molecule has 22 heavy (non-hydrogen) atoms. The third-order valence-electron chi connectivity index (χ3n) is 3.65. The highest BCUT2D eigenvalue weighted by molar-refractivity contribution is 5.83. The van der Waals surface area contributed by atoms with Gasteiger partial charge >= 0.3 is 0 Å². The standard InChI is InChI=1S/C12H10F3N7/c13-6-5-7-10(9(15)8(6)14)17-11(12-18-19-20-22(7)12)21-3-1-16-2-4-21/h5,16H,1-4H2. The summed E-state index contributed by atoms with van der Waals surface area (Å²) in [5.41, 5.74) is -0.0395. The Balaban J connectivity index is 2.05. The molecule has 0 spiro atoms. The van der Waals surface area contributed by atoms with Crippen molar-refractivity contribution in [3.8, 4) is 0 Å². The van der Waals surface area contributed by atoms with Gasteiger partial charge in [0, 0.05) is 32.2 Å². The van der Waals surface area contributed by atoms with Gasteiger partial charge < -0.3 is 10.2 Å². The summed E-state index contributed by atoms with van der Waals surface area (Å²) in [5, 5.41) is 14.3. The molecular formula is C12H10F3N7. The molecule has 0 amide bonds. The number of hydrogen-bond donors (Lipinski definition) is 1. The zero-order valence-electron chi connectivity index (χ0n) is 11.2. The highest BCUT2D eigenvalue weighted by Gasteiger charge is 2.23. The number of hydrogen-bond acceptors (Lipinski definition) is 6. The van der Waals surface area contributed by atoms with E-state index in [2.05, 4.69) is 25.8 Å². The van der Waals surface area contributed by atoms with Crippen LogP contribution < -0.4 is 10.2 Å². The first-order valence-corrected chi connectivity index (χ1v) is 6.68. The number of benzene rings is 1. The van der Waals surface area contributed by atoms with Gasteiger partial charge in [-0.1, -0.05) is 0 Å². The van der Waals surface area contributed by atoms with Crippen LogP contribution >= 0.6 is 0 Å². The van der Waals surface area contributed by atoms with Crippen molar-refractivity contribution in [2.75, 3.05) is 31.1 Å². The number of anilines is 1. The molecule has 1 aromatic carbocycles. The van der Waals surface area contributed by atoms with Crippen molar-refractivity contribution in [1.82, 2.24) is 30.3 Å². The second-order valence-corrected chi connectivity index (χ2v) is 4.94. The summed E-state index contributed by atoms with van der Waals surface area (Å²) in [4.78, 5) is 6.03. The van der Waals surface area contributed by atoms with E-state index in [-0.39, 0.29) is 16.7 Å². The van der Waals surface area contributed by atoms with E-state index in [0.717, 1.165) is 19.2 Å². The molecule has 0 unspecified atom stereocenters. The van der Waals surface area contributed by atoms with Crippen LogP contribution in [-0.4, -0.2) is 51.2 Å². The first-order valence-electron chi connectivity index (χ1n) is 6.68. The van der Waals surface area contributed by atoms with Gasteiger partial charge in [-0.3, -0.25) is 0 Å². The van der Waals surface area contributed by atoms with Gasteiger partial charge in [0.2, 0.25) is 5.65 Å². The minimum absolute atomic E-state index is 0.0183. The largest absolute Gasteiger partial charge is 0.351 e. The van der Waals surface area contributed by atoms with Crippen LogP contribution in [0.1, 0.15) is 0 Å². The molecular weight excluding hydrogens is 299 g/mol. The van der Waals surface area contributed by atoms with E-state index in [1.54, 1.807) is 0 Å². The Bertz CT molecular complexity index is 872. The Morgan fingerprint density at radius 2 is 1.86 bits per heavy atom. The van der Waals surface area contributed by atoms with Crippen LogP contribution in [0.25, 0.3) is 16.7 Å². The zero-order chi connectivity index (χ0) is 15.3. The van der Waals surface area contributed by atoms with Gasteiger partial charge in [0.1, 0.15) is 11.0 Å². The van der Waals surface area contributed by atoms with E-state index in [0.29, 0.717) is 18.9 Å². The predicted molar refractivity (Wildman–Crippen MR) is 71.0 cm³/mol. The van der Waals surface area contributed by atoms with E-state index in [1.165, 1.54) is 4.52 Å². The van der Waals surface area contributed by atoms with Gasteiger partial charge in [0.15, 0.2) is 23.3 Å². The Morgan fingerprint density at radius 1 is 1.09 bits per heavy atom. The first-order chi connectivity index (χ1) is 10.7. The molecule has 1 aliphatic heterocycles. The average molecular weight is 309 g/mol. The van der Waals surface area contributed by atoms with E-state index < -0.39 is 17.5 Å². The lowest BCUT2D eigenvalue weighted by atomic mass is 10.2. The molecule has 114 valence electrons. The van der Waals surface area contributed by atoms with Crippen LogP contribution in [0.2, 0.25) is 0 Å². The summed E-state index contributed by atoms with van der Waals surface area (Å²) in [6.45, 7) is 2.72. The number of halogens is 3. The molecule has 3 aromatic rings. The smallest absolute Gasteiger partial charge is 0.222 e. The van der Waals surface area contributed by atoms with Gasteiger partial charge in [-0.25, -0.2) is 18.2 Å². The number of nitrogens with zero attached hydrogens (tertiary/aromatic N) is 6. The van der Waals surface area contributed by atoms with Crippen LogP contribution in [-0.2, 0) is 0 Å². The molecule has 7 nitrogen and oxygen atoms in total. The monoisotopic (exact) mass is 309 g/mol. The van der Waals surface area contributed by atoms with Crippen molar-refractivity contribution >= 4 is 22.5 Å². The quantitative estimate of drug-likeness (QED) is 0.660. The minimum Gasteiger partial charge on any atom is -0.351 e. The fraction of sp³-hybridized carbons (Fsp3) is 0.333. The van der Waals surface area contributed by atoms with E-state index in [4.69, 9.17) is 0 Å². The minimum atomic E-state index is -1.56. The zero-order valence-corrected chi connectivity index (χ0v) is 11.2. The molecule has 10 heteroatoms. The van der Waals surface area contributed by atoms with Crippen molar-refractivity contribution in [3.05, 3.63) is 23.5 Å². The molecule has 1 fully saturated rings. The summed E-state index contributed by atoms with van der Waals surface area (Å²) in [6, 6.07) is 0.839. The number of piperazine rings is 1. The molecule has 0 bridgehead atoms. The molecule has 0 radical (unpaired) electrons. The Kier molecular flexibility index (Phi) is 2.86. The van der Waals surface area contributed by atoms with E-state index in [9.17, 15) is 13.2 Å². The maximum Gasteiger partial charge on any atom is 0.222 e. The number of fused-ring (bicyclic) bond motifs is 3. The fourth-order valence-corrected chi connectivity index (χ4v) is 2.57. The van der Waals surface area contributed by atoms with Crippen LogP contribution in [0.3, 0.4) is 0 Å². The van der Waals surface area contributed by atoms with Gasteiger partial charge in [0.05, 0.1) is 0 Å². The lowest BCUT2D eigenvalue weighted by Crippen LogP contribution is -2.44. The molecule has 0 atom stereocenters. The van der Waals surface area contributed by atoms with Crippen molar-refractivity contribution in [2.24, 2.45) is 0 Å². The summed E-state index contributed by atoms with van der Waals surface area (Å²) < 4.78 is 42.2. The molecule has 4 rings (SSSR count). The highest BCUT2D eigenvalue weighted by Crippen LogP contribution is 2.26. The molecule has 2 aromatic heterocycles. The lowest BCUT2D eigenvalue weighted by molar-refractivity contribution is 0.452. The summed E-state index contributed by atoms with van der Waals surface area (Å²) in [6.07, 6.45) is 0. The van der Waals surface area contributed by atoms with Crippen molar-refractivity contribution < 1.29 is 13.2 Å². The van der Waals surface area contributed by atoms with Gasteiger partial charge in [0.25, 0.3) is 0 Å². The number of nitrogens with one attached hydrogen (secondary N) is 1. The fourth-order valence-electron chi connectivity index (χ4n) is 2.57. The van der Waals surface area contributed by atoms with Crippen LogP contribution in [0.4, 0.5) is 19.0 Å². The molecule has 1 aliphatic rings. The number of rotatable bonds is 1. The average Bonchev–Trinajstić information content (AvgIpc) is 3.03. The van der Waals surface area contributed by atoms with Crippen molar-refractivity contribution in [3.63, 3.8) is 0 Å². The molecule has 0 saturated carbocycles. The maximum absolute atomic E-state index is 14.1. The number of tetrazole rings is 1. The van der Waals surface area contributed by atoms with E-state index >= 15 is 0 Å². The van der Waals surface area contributed by atoms with Gasteiger partial charge in [-0.15, -0.1) is 5.10 Å². The highest BCUT2D eigenvalue weighted by atomic mass is 19.2. The predicted octanol–water partition coefficient (Wildman–Crippen LogP) is 0.499. The Morgan fingerprint density at radius 3 is 2.64 bits per heavy atom. The summed E-state index contributed by atoms with van der Waals surface area (Å²) in [5.74, 6) is -3.86. The molecule has 1 N–H and O–H groups in total. The van der Waals surface area contributed by atoms with Crippen LogP contribution in [0.15, 0.2) is 6.07 Å². The normalized spacial score (nSPS) is 15.9. The maximum atomic E-state index is 14.1. The number of aromatic nitrogens is 5. The van der Waals surface area contributed by atoms with Crippen molar-refractivity contribution in [1.29, 1.82) is 0 Å². The van der Waals surface area contributed by atoms with Gasteiger partial charge in [-0.2, -0.15) is 4.52 Å². The van der Waals surface area contributed by atoms with Crippen LogP contribution in [0.5, 0.6) is 0 Å². The topological polar surface area (TPSA) is 71.2 Å². The third kappa shape index (κ3) is 1.80. The Hall–Kier alpha value is -2.49. The van der Waals surface area contributed by atoms with E-state index in [1.807, 2.05) is 4.90 Å². The first kappa shape index (κ1) is 13.2. The summed E-state index contributed by atoms with van der Waals surface area (Å²) >= 11 is 0. The summed E-state index contributed by atoms with van der Waals surface area (Å²) in [7, 11) is 0. The van der Waals surface area contributed by atoms with Gasteiger partial charge in [-0.05, 0) is 10.4 Å². The molecule has 3 heterocycles. The SMILES string of the molecule is Fc1cc2c(nc(N3CCNCC3)c3nnnn32)c(F)c1F.